The highest BCUT2D eigenvalue weighted by atomic mass is 19.1. The number of hydrogen-bond acceptors (Lipinski definition) is 6. The molecule has 0 amide bonds. The number of nitrogens with zero attached hydrogens (tertiary/aromatic N) is 5. The van der Waals surface area contributed by atoms with Crippen molar-refractivity contribution in [2.45, 2.75) is 44.4 Å². The van der Waals surface area contributed by atoms with Crippen LogP contribution in [0.5, 0.6) is 0 Å². The first-order valence-electron chi connectivity index (χ1n) is 8.44. The Kier molecular flexibility index (Phi) is 4.27. The Morgan fingerprint density at radius 1 is 1.20 bits per heavy atom. The van der Waals surface area contributed by atoms with Crippen molar-refractivity contribution in [3.63, 3.8) is 0 Å². The smallest absolute Gasteiger partial charge is 0.184 e. The summed E-state index contributed by atoms with van der Waals surface area (Å²) >= 11 is 0. The fourth-order valence-electron chi connectivity index (χ4n) is 3.25. The van der Waals surface area contributed by atoms with Gasteiger partial charge in [0.25, 0.3) is 0 Å². The summed E-state index contributed by atoms with van der Waals surface area (Å²) in [6.07, 6.45) is 4.82. The van der Waals surface area contributed by atoms with E-state index in [2.05, 4.69) is 25.6 Å². The molecule has 1 aliphatic carbocycles. The van der Waals surface area contributed by atoms with Crippen LogP contribution in [0.2, 0.25) is 0 Å². The lowest BCUT2D eigenvalue weighted by Gasteiger charge is -2.28. The van der Waals surface area contributed by atoms with Crippen LogP contribution in [0.1, 0.15) is 31.2 Å². The molecule has 2 unspecified atom stereocenters. The summed E-state index contributed by atoms with van der Waals surface area (Å²) in [6.45, 7) is 0.242. The Morgan fingerprint density at radius 3 is 2.88 bits per heavy atom. The molecule has 2 aromatic heterocycles. The first-order chi connectivity index (χ1) is 12.2. The maximum Gasteiger partial charge on any atom is 0.184 e. The summed E-state index contributed by atoms with van der Waals surface area (Å²) in [4.78, 5) is 8.49. The third kappa shape index (κ3) is 3.17. The van der Waals surface area contributed by atoms with Gasteiger partial charge in [0.1, 0.15) is 12.1 Å². The van der Waals surface area contributed by atoms with Gasteiger partial charge in [0.05, 0.1) is 18.7 Å². The summed E-state index contributed by atoms with van der Waals surface area (Å²) in [5.41, 5.74) is 1.58. The zero-order valence-corrected chi connectivity index (χ0v) is 13.6. The van der Waals surface area contributed by atoms with E-state index < -0.39 is 6.10 Å². The molecule has 3 aromatic rings. The molecule has 8 heteroatoms. The zero-order chi connectivity index (χ0) is 17.2. The second-order valence-electron chi connectivity index (χ2n) is 6.34. The molecule has 4 rings (SSSR count). The van der Waals surface area contributed by atoms with Crippen LogP contribution in [0.15, 0.2) is 30.6 Å². The van der Waals surface area contributed by atoms with Crippen molar-refractivity contribution in [3.8, 4) is 0 Å². The van der Waals surface area contributed by atoms with E-state index in [1.807, 2.05) is 0 Å². The van der Waals surface area contributed by atoms with Gasteiger partial charge in [-0.2, -0.15) is 0 Å². The number of hydrogen-bond donors (Lipinski definition) is 2. The predicted octanol–water partition coefficient (Wildman–Crippen LogP) is 2.12. The van der Waals surface area contributed by atoms with Gasteiger partial charge in [-0.15, -0.1) is 5.10 Å². The summed E-state index contributed by atoms with van der Waals surface area (Å²) in [5, 5.41) is 21.7. The van der Waals surface area contributed by atoms with Crippen LogP contribution in [0, 0.1) is 5.82 Å². The van der Waals surface area contributed by atoms with Crippen molar-refractivity contribution >= 4 is 17.0 Å². The van der Waals surface area contributed by atoms with Crippen molar-refractivity contribution in [2.75, 3.05) is 5.32 Å². The number of aliphatic hydroxyl groups excluding tert-OH is 1. The van der Waals surface area contributed by atoms with Crippen molar-refractivity contribution in [1.29, 1.82) is 0 Å². The van der Waals surface area contributed by atoms with E-state index in [1.54, 1.807) is 22.9 Å². The van der Waals surface area contributed by atoms with E-state index >= 15 is 0 Å². The standard InChI is InChI=1S/C17H19FN6O/c18-12-6-2-1-5-11(12)9-24-17-15(22-23-24)16(19-10-20-17)21-13-7-3-4-8-14(13)25/h1-2,5-6,10,13-14,25H,3-4,7-9H2,(H,19,20,21). The topological polar surface area (TPSA) is 88.8 Å². The van der Waals surface area contributed by atoms with E-state index in [0.29, 0.717) is 22.5 Å². The van der Waals surface area contributed by atoms with E-state index in [0.717, 1.165) is 25.7 Å². The van der Waals surface area contributed by atoms with Crippen LogP contribution in [-0.4, -0.2) is 42.2 Å². The van der Waals surface area contributed by atoms with Crippen LogP contribution in [0.4, 0.5) is 10.2 Å². The minimum absolute atomic E-state index is 0.0523. The number of rotatable bonds is 4. The number of nitrogens with one attached hydrogen (secondary N) is 1. The molecule has 25 heavy (non-hydrogen) atoms. The molecular formula is C17H19FN6O. The average Bonchev–Trinajstić information content (AvgIpc) is 3.03. The third-order valence-corrected chi connectivity index (χ3v) is 4.63. The molecule has 1 fully saturated rings. The van der Waals surface area contributed by atoms with Gasteiger partial charge in [0.2, 0.25) is 0 Å². The van der Waals surface area contributed by atoms with Crippen LogP contribution >= 0.6 is 0 Å². The van der Waals surface area contributed by atoms with Crippen LogP contribution in [0.3, 0.4) is 0 Å². The molecule has 1 aromatic carbocycles. The molecule has 2 N–H and O–H groups in total. The lowest BCUT2D eigenvalue weighted by atomic mass is 9.92. The number of benzene rings is 1. The van der Waals surface area contributed by atoms with Crippen LogP contribution in [-0.2, 0) is 6.54 Å². The summed E-state index contributed by atoms with van der Waals surface area (Å²) < 4.78 is 15.4. The van der Waals surface area contributed by atoms with Gasteiger partial charge in [-0.05, 0) is 18.9 Å². The van der Waals surface area contributed by atoms with Gasteiger partial charge in [-0.25, -0.2) is 19.0 Å². The Hall–Kier alpha value is -2.61. The van der Waals surface area contributed by atoms with Gasteiger partial charge >= 0.3 is 0 Å². The minimum Gasteiger partial charge on any atom is -0.391 e. The summed E-state index contributed by atoms with van der Waals surface area (Å²) in [7, 11) is 0. The largest absolute Gasteiger partial charge is 0.391 e. The normalized spacial score (nSPS) is 20.7. The van der Waals surface area contributed by atoms with Gasteiger partial charge in [0.15, 0.2) is 17.0 Å². The van der Waals surface area contributed by atoms with Crippen molar-refractivity contribution in [2.24, 2.45) is 0 Å². The zero-order valence-electron chi connectivity index (χ0n) is 13.6. The molecule has 0 bridgehead atoms. The molecule has 2 heterocycles. The Bertz CT molecular complexity index is 882. The lowest BCUT2D eigenvalue weighted by molar-refractivity contribution is 0.116. The van der Waals surface area contributed by atoms with E-state index in [1.165, 1.54) is 12.4 Å². The quantitative estimate of drug-likeness (QED) is 0.755. The van der Waals surface area contributed by atoms with Gasteiger partial charge < -0.3 is 10.4 Å². The molecule has 2 atom stereocenters. The highest BCUT2D eigenvalue weighted by Crippen LogP contribution is 2.24. The molecule has 0 radical (unpaired) electrons. The number of aromatic nitrogens is 5. The van der Waals surface area contributed by atoms with Gasteiger partial charge in [-0.1, -0.05) is 36.3 Å². The third-order valence-electron chi connectivity index (χ3n) is 4.63. The Morgan fingerprint density at radius 2 is 2.04 bits per heavy atom. The fourth-order valence-corrected chi connectivity index (χ4v) is 3.25. The van der Waals surface area contributed by atoms with Crippen molar-refractivity contribution in [1.82, 2.24) is 25.0 Å². The molecule has 7 nitrogen and oxygen atoms in total. The summed E-state index contributed by atoms with van der Waals surface area (Å²) in [5.74, 6) is 0.264. The SMILES string of the molecule is OC1CCCCC1Nc1ncnc2c1nnn2Cc1ccccc1F. The first-order valence-corrected chi connectivity index (χ1v) is 8.44. The molecule has 0 saturated heterocycles. The van der Waals surface area contributed by atoms with Crippen molar-refractivity contribution in [3.05, 3.63) is 42.0 Å². The van der Waals surface area contributed by atoms with Crippen LogP contribution in [0.25, 0.3) is 11.2 Å². The van der Waals surface area contributed by atoms with E-state index in [4.69, 9.17) is 0 Å². The number of anilines is 1. The lowest BCUT2D eigenvalue weighted by Crippen LogP contribution is -2.36. The van der Waals surface area contributed by atoms with E-state index in [9.17, 15) is 9.50 Å². The van der Waals surface area contributed by atoms with Crippen molar-refractivity contribution < 1.29 is 9.50 Å². The highest BCUT2D eigenvalue weighted by molar-refractivity contribution is 5.82. The number of fused-ring (bicyclic) bond motifs is 1. The number of halogens is 1. The Labute approximate surface area is 143 Å². The molecule has 0 aliphatic heterocycles. The highest BCUT2D eigenvalue weighted by Gasteiger charge is 2.24. The first kappa shape index (κ1) is 15.9. The molecular weight excluding hydrogens is 323 g/mol. The minimum atomic E-state index is -0.396. The second kappa shape index (κ2) is 6.72. The second-order valence-corrected chi connectivity index (χ2v) is 6.34. The predicted molar refractivity (Wildman–Crippen MR) is 90.5 cm³/mol. The molecule has 130 valence electrons. The molecule has 0 spiro atoms. The maximum atomic E-state index is 13.9. The average molecular weight is 342 g/mol. The fraction of sp³-hybridized carbons (Fsp3) is 0.412. The van der Waals surface area contributed by atoms with Crippen LogP contribution < -0.4 is 5.32 Å². The number of aliphatic hydroxyl groups is 1. The van der Waals surface area contributed by atoms with E-state index in [-0.39, 0.29) is 18.4 Å². The Balaban J connectivity index is 1.63. The summed E-state index contributed by atoms with van der Waals surface area (Å²) in [6, 6.07) is 6.51. The molecule has 1 saturated carbocycles. The van der Waals surface area contributed by atoms with Gasteiger partial charge in [-0.3, -0.25) is 0 Å². The maximum absolute atomic E-state index is 13.9. The molecule has 1 aliphatic rings. The van der Waals surface area contributed by atoms with Gasteiger partial charge in [0, 0.05) is 5.56 Å². The monoisotopic (exact) mass is 342 g/mol.